The summed E-state index contributed by atoms with van der Waals surface area (Å²) < 4.78 is 18.0. The third-order valence-electron chi connectivity index (χ3n) is 7.50. The summed E-state index contributed by atoms with van der Waals surface area (Å²) in [6.45, 7) is 16.4. The molecule has 0 aliphatic carbocycles. The zero-order valence-corrected chi connectivity index (χ0v) is 26.7. The van der Waals surface area contributed by atoms with Gasteiger partial charge in [-0.05, 0) is 84.4 Å². The van der Waals surface area contributed by atoms with E-state index in [4.69, 9.17) is 14.2 Å². The number of fused-ring (bicyclic) bond motifs is 2. The van der Waals surface area contributed by atoms with Crippen molar-refractivity contribution in [3.8, 4) is 5.75 Å². The van der Waals surface area contributed by atoms with Gasteiger partial charge in [0.25, 0.3) is 0 Å². The van der Waals surface area contributed by atoms with Gasteiger partial charge in [0.2, 0.25) is 0 Å². The fourth-order valence-electron chi connectivity index (χ4n) is 5.61. The monoisotopic (exact) mass is 597 g/mol. The van der Waals surface area contributed by atoms with Crippen molar-refractivity contribution in [3.05, 3.63) is 35.2 Å². The Bertz CT molecular complexity index is 1320. The highest BCUT2D eigenvalue weighted by atomic mass is 32.2. The Balaban J connectivity index is 1.50. The molecule has 0 unspecified atom stereocenters. The number of aryl methyl sites for hydroxylation is 1. The summed E-state index contributed by atoms with van der Waals surface area (Å²) in [4.78, 5) is 41.5. The predicted octanol–water partition coefficient (Wildman–Crippen LogP) is 6.42. The first kappa shape index (κ1) is 30.3. The third kappa shape index (κ3) is 6.71. The van der Waals surface area contributed by atoms with Gasteiger partial charge >= 0.3 is 12.2 Å². The molecule has 11 heteroatoms. The molecule has 0 N–H and O–H groups in total. The molecule has 3 aliphatic rings. The predicted molar refractivity (Wildman–Crippen MR) is 165 cm³/mol. The number of anilines is 3. The van der Waals surface area contributed by atoms with E-state index in [1.807, 2.05) is 66.3 Å². The van der Waals surface area contributed by atoms with Crippen molar-refractivity contribution in [3.63, 3.8) is 0 Å². The molecule has 1 aromatic carbocycles. The summed E-state index contributed by atoms with van der Waals surface area (Å²) in [6, 6.07) is 4.18. The van der Waals surface area contributed by atoms with Gasteiger partial charge in [0.15, 0.2) is 5.82 Å². The maximum atomic E-state index is 13.9. The maximum absolute atomic E-state index is 13.9. The normalized spacial score (nSPS) is 18.0. The number of hydrogen-bond donors (Lipinski definition) is 0. The number of benzene rings is 1. The zero-order valence-electron chi connectivity index (χ0n) is 25.9. The lowest BCUT2D eigenvalue weighted by atomic mass is 9.88. The number of carbonyl (C=O) groups excluding carboxylic acids is 2. The summed E-state index contributed by atoms with van der Waals surface area (Å²) in [6.07, 6.45) is 2.33. The van der Waals surface area contributed by atoms with Gasteiger partial charge in [-0.1, -0.05) is 6.07 Å². The molecule has 228 valence electrons. The minimum Gasteiger partial charge on any atom is -0.486 e. The van der Waals surface area contributed by atoms with Crippen LogP contribution in [0.3, 0.4) is 0 Å². The molecular weight excluding hydrogens is 554 g/mol. The van der Waals surface area contributed by atoms with Crippen LogP contribution in [0.25, 0.3) is 0 Å². The maximum Gasteiger partial charge on any atom is 0.420 e. The van der Waals surface area contributed by atoms with E-state index in [-0.39, 0.29) is 18.6 Å². The Hall–Kier alpha value is -3.21. The summed E-state index contributed by atoms with van der Waals surface area (Å²) in [5, 5.41) is 0. The average Bonchev–Trinajstić information content (AvgIpc) is 3.09. The van der Waals surface area contributed by atoms with Crippen LogP contribution in [-0.4, -0.2) is 75.9 Å². The molecule has 3 aliphatic heterocycles. The molecule has 10 nitrogen and oxygen atoms in total. The van der Waals surface area contributed by atoms with Crippen LogP contribution in [0.15, 0.2) is 18.5 Å². The zero-order chi connectivity index (χ0) is 30.2. The molecule has 2 fully saturated rings. The quantitative estimate of drug-likeness (QED) is 0.389. The molecule has 2 amide bonds. The smallest absolute Gasteiger partial charge is 0.420 e. The van der Waals surface area contributed by atoms with Crippen LogP contribution in [0.2, 0.25) is 0 Å². The Labute approximate surface area is 253 Å². The Morgan fingerprint density at radius 1 is 0.905 bits per heavy atom. The van der Waals surface area contributed by atoms with Crippen LogP contribution >= 0.6 is 11.8 Å². The number of likely N-dealkylation sites (tertiary alicyclic amines) is 1. The van der Waals surface area contributed by atoms with Crippen molar-refractivity contribution >= 4 is 41.3 Å². The van der Waals surface area contributed by atoms with Crippen molar-refractivity contribution in [2.75, 3.05) is 47.5 Å². The first-order valence-electron chi connectivity index (χ1n) is 14.8. The Kier molecular flexibility index (Phi) is 8.51. The first-order chi connectivity index (χ1) is 19.8. The number of carbonyl (C=O) groups is 2. The molecule has 0 bridgehead atoms. The largest absolute Gasteiger partial charge is 0.486 e. The fraction of sp³-hybridized carbons (Fsp3) is 0.613. The first-order valence-corrected chi connectivity index (χ1v) is 15.9. The van der Waals surface area contributed by atoms with Gasteiger partial charge in [0, 0.05) is 37.7 Å². The highest BCUT2D eigenvalue weighted by molar-refractivity contribution is 7.99. The van der Waals surface area contributed by atoms with Crippen molar-refractivity contribution < 1.29 is 23.8 Å². The molecule has 0 saturated carbocycles. The van der Waals surface area contributed by atoms with Crippen LogP contribution in [0, 0.1) is 6.92 Å². The highest BCUT2D eigenvalue weighted by Gasteiger charge is 2.36. The lowest BCUT2D eigenvalue weighted by molar-refractivity contribution is 0.0204. The van der Waals surface area contributed by atoms with Crippen LogP contribution in [0.5, 0.6) is 5.75 Å². The summed E-state index contributed by atoms with van der Waals surface area (Å²) in [5.41, 5.74) is 2.19. The second-order valence-corrected chi connectivity index (χ2v) is 14.4. The lowest BCUT2D eigenvalue weighted by Crippen LogP contribution is -2.41. The SMILES string of the molecule is Cc1cc(C2CCN(C(=O)OC(C)(C)C)CC2)cc2c1OCc1c(N3CCSCC3)ncnc1N2C(=O)OC(C)(C)C. The molecule has 2 aromatic rings. The number of nitrogens with zero attached hydrogens (tertiary/aromatic N) is 5. The molecule has 2 saturated heterocycles. The van der Waals surface area contributed by atoms with Gasteiger partial charge < -0.3 is 24.0 Å². The molecule has 4 heterocycles. The number of piperidine rings is 1. The molecule has 0 atom stereocenters. The van der Waals surface area contributed by atoms with Gasteiger partial charge in [0.05, 0.1) is 11.3 Å². The van der Waals surface area contributed by atoms with E-state index in [1.165, 1.54) is 6.33 Å². The summed E-state index contributed by atoms with van der Waals surface area (Å²) in [5.74, 6) is 4.17. The molecule has 5 rings (SSSR count). The number of amides is 2. The topological polar surface area (TPSA) is 97.3 Å². The van der Waals surface area contributed by atoms with Crippen molar-refractivity contribution in [2.45, 2.75) is 85.0 Å². The van der Waals surface area contributed by atoms with Crippen LogP contribution < -0.4 is 14.5 Å². The summed E-state index contributed by atoms with van der Waals surface area (Å²) >= 11 is 1.93. The average molecular weight is 598 g/mol. The third-order valence-corrected chi connectivity index (χ3v) is 8.44. The van der Waals surface area contributed by atoms with E-state index < -0.39 is 17.3 Å². The number of hydrogen-bond acceptors (Lipinski definition) is 9. The standard InChI is InChI=1S/C31H43N5O5S/c1-20-16-22(21-8-10-35(11-9-21)28(37)40-30(2,3)4)17-24-25(20)39-18-23-26(34-12-14-42-15-13-34)32-19-33-27(23)36(24)29(38)41-31(5,6)7/h16-17,19,21H,8-15,18H2,1-7H3. The lowest BCUT2D eigenvalue weighted by Gasteiger charge is -2.34. The van der Waals surface area contributed by atoms with E-state index in [2.05, 4.69) is 20.9 Å². The number of rotatable bonds is 2. The van der Waals surface area contributed by atoms with Crippen LogP contribution in [0.1, 0.15) is 77.0 Å². The van der Waals surface area contributed by atoms with Gasteiger partial charge in [-0.2, -0.15) is 11.8 Å². The second-order valence-electron chi connectivity index (χ2n) is 13.1. The Morgan fingerprint density at radius 2 is 1.52 bits per heavy atom. The Morgan fingerprint density at radius 3 is 2.17 bits per heavy atom. The number of ether oxygens (including phenoxy) is 3. The minimum atomic E-state index is -0.703. The van der Waals surface area contributed by atoms with Crippen LogP contribution in [-0.2, 0) is 16.1 Å². The molecule has 42 heavy (non-hydrogen) atoms. The van der Waals surface area contributed by atoms with Crippen molar-refractivity contribution in [1.82, 2.24) is 14.9 Å². The fourth-order valence-corrected chi connectivity index (χ4v) is 6.51. The summed E-state index contributed by atoms with van der Waals surface area (Å²) in [7, 11) is 0. The van der Waals surface area contributed by atoms with Gasteiger partial charge in [-0.15, -0.1) is 0 Å². The molecule has 1 aromatic heterocycles. The number of aromatic nitrogens is 2. The van der Waals surface area contributed by atoms with E-state index in [0.29, 0.717) is 30.3 Å². The van der Waals surface area contributed by atoms with E-state index >= 15 is 0 Å². The van der Waals surface area contributed by atoms with Gasteiger partial charge in [-0.25, -0.2) is 24.5 Å². The highest BCUT2D eigenvalue weighted by Crippen LogP contribution is 2.45. The molecule has 0 radical (unpaired) electrons. The molecule has 0 spiro atoms. The second kappa shape index (κ2) is 11.8. The van der Waals surface area contributed by atoms with Gasteiger partial charge in [-0.3, -0.25) is 0 Å². The number of thioether (sulfide) groups is 1. The molecular formula is C31H43N5O5S. The van der Waals surface area contributed by atoms with E-state index in [1.54, 1.807) is 9.80 Å². The minimum absolute atomic E-state index is 0.211. The van der Waals surface area contributed by atoms with E-state index in [9.17, 15) is 9.59 Å². The van der Waals surface area contributed by atoms with Crippen molar-refractivity contribution in [2.24, 2.45) is 0 Å². The van der Waals surface area contributed by atoms with Crippen LogP contribution in [0.4, 0.5) is 26.9 Å². The van der Waals surface area contributed by atoms with E-state index in [0.717, 1.165) is 59.9 Å². The van der Waals surface area contributed by atoms with Gasteiger partial charge in [0.1, 0.15) is 35.7 Å². The van der Waals surface area contributed by atoms with Crippen molar-refractivity contribution in [1.29, 1.82) is 0 Å².